The van der Waals surface area contributed by atoms with Crippen LogP contribution in [-0.4, -0.2) is 46.7 Å². The van der Waals surface area contributed by atoms with Crippen molar-refractivity contribution in [3.8, 4) is 0 Å². The van der Waals surface area contributed by atoms with E-state index in [-0.39, 0.29) is 12.1 Å². The molecule has 1 aromatic heterocycles. The summed E-state index contributed by atoms with van der Waals surface area (Å²) in [6.45, 7) is 9.88. The quantitative estimate of drug-likeness (QED) is 0.806. The van der Waals surface area contributed by atoms with E-state index >= 15 is 0 Å². The van der Waals surface area contributed by atoms with Gasteiger partial charge in [-0.3, -0.25) is 0 Å². The highest BCUT2D eigenvalue weighted by molar-refractivity contribution is 5.68. The lowest BCUT2D eigenvalue weighted by Gasteiger charge is -2.31. The molecular weight excluding hydrogens is 354 g/mol. The Morgan fingerprint density at radius 1 is 1.21 bits per heavy atom. The Labute approximate surface area is 166 Å². The molecule has 0 unspecified atom stereocenters. The molecule has 1 aliphatic heterocycles. The first-order chi connectivity index (χ1) is 13.5. The number of likely N-dealkylation sites (tertiary alicyclic amines) is 1. The summed E-state index contributed by atoms with van der Waals surface area (Å²) >= 11 is 0. The van der Waals surface area contributed by atoms with Gasteiger partial charge in [-0.25, -0.2) is 9.78 Å². The predicted molar refractivity (Wildman–Crippen MR) is 111 cm³/mol. The van der Waals surface area contributed by atoms with Gasteiger partial charge in [0.2, 0.25) is 5.95 Å². The number of aromatic nitrogens is 2. The third kappa shape index (κ3) is 4.91. The lowest BCUT2D eigenvalue weighted by atomic mass is 10.1. The van der Waals surface area contributed by atoms with Crippen molar-refractivity contribution in [2.75, 3.05) is 30.3 Å². The number of rotatable bonds is 5. The van der Waals surface area contributed by atoms with Gasteiger partial charge in [-0.1, -0.05) is 17.7 Å². The number of nitrogens with zero attached hydrogens (tertiary/aromatic N) is 3. The third-order valence-electron chi connectivity index (χ3n) is 4.94. The highest BCUT2D eigenvalue weighted by Crippen LogP contribution is 2.25. The highest BCUT2D eigenvalue weighted by atomic mass is 16.6. The number of hydrogen-bond acceptors (Lipinski definition) is 6. The highest BCUT2D eigenvalue weighted by Gasteiger charge is 2.24. The fourth-order valence-electron chi connectivity index (χ4n) is 3.61. The molecule has 0 aliphatic carbocycles. The van der Waals surface area contributed by atoms with Crippen LogP contribution in [0.25, 0.3) is 0 Å². The Morgan fingerprint density at radius 2 is 1.89 bits per heavy atom. The Morgan fingerprint density at radius 3 is 2.54 bits per heavy atom. The van der Waals surface area contributed by atoms with Crippen molar-refractivity contribution in [3.05, 3.63) is 41.1 Å². The molecule has 7 heteroatoms. The Balaban J connectivity index is 1.61. The number of benzene rings is 1. The van der Waals surface area contributed by atoms with E-state index in [1.807, 2.05) is 13.0 Å². The number of ether oxygens (including phenoxy) is 1. The molecule has 28 heavy (non-hydrogen) atoms. The van der Waals surface area contributed by atoms with Crippen molar-refractivity contribution in [3.63, 3.8) is 0 Å². The maximum absolute atomic E-state index is 11.8. The molecule has 1 aliphatic rings. The monoisotopic (exact) mass is 383 g/mol. The lowest BCUT2D eigenvalue weighted by molar-refractivity contribution is 0.0983. The van der Waals surface area contributed by atoms with Crippen molar-refractivity contribution < 1.29 is 9.53 Å². The van der Waals surface area contributed by atoms with Gasteiger partial charge in [0.1, 0.15) is 5.82 Å². The zero-order valence-corrected chi connectivity index (χ0v) is 17.1. The molecule has 0 atom stereocenters. The lowest BCUT2D eigenvalue weighted by Crippen LogP contribution is -2.42. The zero-order chi connectivity index (χ0) is 20.1. The molecule has 150 valence electrons. The van der Waals surface area contributed by atoms with Gasteiger partial charge in [0.05, 0.1) is 6.61 Å². The molecule has 3 rings (SSSR count). The number of hydrogen-bond donors (Lipinski definition) is 2. The maximum Gasteiger partial charge on any atom is 0.409 e. The normalized spacial score (nSPS) is 14.6. The second kappa shape index (κ2) is 8.91. The predicted octanol–water partition coefficient (Wildman–Crippen LogP) is 4.18. The number of aryl methyl sites for hydroxylation is 3. The topological polar surface area (TPSA) is 79.4 Å². The molecule has 0 radical (unpaired) electrons. The van der Waals surface area contributed by atoms with Crippen molar-refractivity contribution in [1.29, 1.82) is 0 Å². The molecule has 0 spiro atoms. The molecule has 0 saturated carbocycles. The van der Waals surface area contributed by atoms with Crippen LogP contribution < -0.4 is 10.6 Å². The second-order valence-corrected chi connectivity index (χ2v) is 7.27. The second-order valence-electron chi connectivity index (χ2n) is 7.27. The van der Waals surface area contributed by atoms with E-state index in [9.17, 15) is 4.79 Å². The summed E-state index contributed by atoms with van der Waals surface area (Å²) in [7, 11) is 0. The minimum Gasteiger partial charge on any atom is -0.450 e. The molecule has 2 aromatic rings. The number of anilines is 3. The van der Waals surface area contributed by atoms with Gasteiger partial charge in [0.15, 0.2) is 0 Å². The smallest absolute Gasteiger partial charge is 0.409 e. The van der Waals surface area contributed by atoms with E-state index in [2.05, 4.69) is 53.5 Å². The summed E-state index contributed by atoms with van der Waals surface area (Å²) in [4.78, 5) is 22.5. The minimum absolute atomic E-state index is 0.229. The number of amides is 1. The molecular formula is C21H29N5O2. The molecule has 1 aromatic carbocycles. The van der Waals surface area contributed by atoms with Crippen LogP contribution in [0.2, 0.25) is 0 Å². The van der Waals surface area contributed by atoms with Crippen LogP contribution in [0.1, 0.15) is 36.5 Å². The summed E-state index contributed by atoms with van der Waals surface area (Å²) in [5, 5.41) is 6.82. The van der Waals surface area contributed by atoms with Gasteiger partial charge in [-0.2, -0.15) is 4.98 Å². The fraction of sp³-hybridized carbons (Fsp3) is 0.476. The van der Waals surface area contributed by atoms with Crippen LogP contribution in [-0.2, 0) is 4.74 Å². The van der Waals surface area contributed by atoms with Gasteiger partial charge >= 0.3 is 6.09 Å². The van der Waals surface area contributed by atoms with Crippen LogP contribution in [0.4, 0.5) is 22.2 Å². The van der Waals surface area contributed by atoms with Gasteiger partial charge in [-0.15, -0.1) is 0 Å². The van der Waals surface area contributed by atoms with E-state index in [0.717, 1.165) is 24.3 Å². The van der Waals surface area contributed by atoms with Crippen LogP contribution in [0.3, 0.4) is 0 Å². The molecule has 7 nitrogen and oxygen atoms in total. The number of nitrogens with one attached hydrogen (secondary N) is 2. The minimum atomic E-state index is -0.229. The SMILES string of the molecule is CCOC(=O)N1CCC(Nc2nccc(Nc3c(C)cc(C)cc3C)n2)CC1. The molecule has 1 fully saturated rings. The van der Waals surface area contributed by atoms with Gasteiger partial charge in [0, 0.05) is 31.0 Å². The molecule has 1 saturated heterocycles. The number of carbonyl (C=O) groups is 1. The van der Waals surface area contributed by atoms with Crippen LogP contribution in [0.5, 0.6) is 0 Å². The van der Waals surface area contributed by atoms with Crippen LogP contribution >= 0.6 is 0 Å². The van der Waals surface area contributed by atoms with Gasteiger partial charge in [-0.05, 0) is 57.7 Å². The Bertz CT molecular complexity index is 808. The average molecular weight is 383 g/mol. The fourth-order valence-corrected chi connectivity index (χ4v) is 3.61. The third-order valence-corrected chi connectivity index (χ3v) is 4.94. The van der Waals surface area contributed by atoms with Gasteiger partial charge in [0.25, 0.3) is 0 Å². The van der Waals surface area contributed by atoms with Gasteiger partial charge < -0.3 is 20.3 Å². The average Bonchev–Trinajstić information content (AvgIpc) is 2.66. The van der Waals surface area contributed by atoms with Crippen LogP contribution in [0.15, 0.2) is 24.4 Å². The van der Waals surface area contributed by atoms with Crippen molar-refractivity contribution in [2.24, 2.45) is 0 Å². The van der Waals surface area contributed by atoms with E-state index < -0.39 is 0 Å². The van der Waals surface area contributed by atoms with E-state index in [0.29, 0.717) is 25.6 Å². The summed E-state index contributed by atoms with van der Waals surface area (Å²) in [6.07, 6.45) is 3.21. The first kappa shape index (κ1) is 19.9. The van der Waals surface area contributed by atoms with Crippen LogP contribution in [0, 0.1) is 20.8 Å². The Kier molecular flexibility index (Phi) is 6.34. The number of piperidine rings is 1. The zero-order valence-electron chi connectivity index (χ0n) is 17.1. The van der Waals surface area contributed by atoms with E-state index in [4.69, 9.17) is 4.74 Å². The van der Waals surface area contributed by atoms with Crippen molar-refractivity contribution >= 4 is 23.5 Å². The van der Waals surface area contributed by atoms with E-state index in [1.165, 1.54) is 16.7 Å². The summed E-state index contributed by atoms with van der Waals surface area (Å²) in [6, 6.07) is 6.43. The van der Waals surface area contributed by atoms with Crippen molar-refractivity contribution in [1.82, 2.24) is 14.9 Å². The maximum atomic E-state index is 11.8. The van der Waals surface area contributed by atoms with Crippen molar-refractivity contribution in [2.45, 2.75) is 46.6 Å². The molecule has 0 bridgehead atoms. The standard InChI is InChI=1S/C21H29N5O2/c1-5-28-21(27)26-10-7-17(8-11-26)23-20-22-9-6-18(25-20)24-19-15(3)12-14(2)13-16(19)4/h6,9,12-13,17H,5,7-8,10-11H2,1-4H3,(H2,22,23,24,25). The first-order valence-electron chi connectivity index (χ1n) is 9.82. The largest absolute Gasteiger partial charge is 0.450 e. The number of carbonyl (C=O) groups excluding carboxylic acids is 1. The molecule has 2 N–H and O–H groups in total. The van der Waals surface area contributed by atoms with E-state index in [1.54, 1.807) is 11.1 Å². The molecule has 1 amide bonds. The first-order valence-corrected chi connectivity index (χ1v) is 9.82. The summed E-state index contributed by atoms with van der Waals surface area (Å²) in [5.74, 6) is 1.36. The molecule has 2 heterocycles. The summed E-state index contributed by atoms with van der Waals surface area (Å²) in [5.41, 5.74) is 4.71. The summed E-state index contributed by atoms with van der Waals surface area (Å²) < 4.78 is 5.07. The Hall–Kier alpha value is -2.83.